The number of carboxylic acids is 1. The normalized spacial score (nSPS) is 10.7. The average Bonchev–Trinajstić information content (AvgIpc) is 2.71. The van der Waals surface area contributed by atoms with Crippen LogP contribution >= 0.6 is 27.7 Å². The van der Waals surface area contributed by atoms with Gasteiger partial charge in [0, 0.05) is 17.1 Å². The monoisotopic (exact) mass is 345 g/mol. The molecule has 100 valence electrons. The Labute approximate surface area is 121 Å². The molecule has 1 aromatic carbocycles. The summed E-state index contributed by atoms with van der Waals surface area (Å²) in [5, 5.41) is 17.0. The predicted molar refractivity (Wildman–Crippen MR) is 72.5 cm³/mol. The molecule has 0 saturated carbocycles. The van der Waals surface area contributed by atoms with E-state index in [0.29, 0.717) is 21.0 Å². The average molecular weight is 346 g/mol. The molecule has 19 heavy (non-hydrogen) atoms. The predicted octanol–water partition coefficient (Wildman–Crippen LogP) is 2.56. The largest absolute Gasteiger partial charge is 0.481 e. The third-order valence-electron chi connectivity index (χ3n) is 2.33. The number of hydrogen-bond acceptors (Lipinski definition) is 4. The number of nitrogens with zero attached hydrogens (tertiary/aromatic N) is 3. The van der Waals surface area contributed by atoms with E-state index in [-0.39, 0.29) is 11.6 Å². The molecule has 1 heterocycles. The van der Waals surface area contributed by atoms with Crippen molar-refractivity contribution in [2.75, 3.05) is 5.75 Å². The molecular formula is C11H9BrFN3O2S. The maximum atomic E-state index is 13.3. The lowest BCUT2D eigenvalue weighted by atomic mass is 10.2. The summed E-state index contributed by atoms with van der Waals surface area (Å²) in [6.45, 7) is 0. The van der Waals surface area contributed by atoms with Gasteiger partial charge < -0.3 is 9.67 Å². The molecule has 1 aromatic heterocycles. The lowest BCUT2D eigenvalue weighted by molar-refractivity contribution is -0.133. The van der Waals surface area contributed by atoms with E-state index in [2.05, 4.69) is 26.1 Å². The van der Waals surface area contributed by atoms with Gasteiger partial charge in [-0.1, -0.05) is 27.7 Å². The maximum absolute atomic E-state index is 13.3. The van der Waals surface area contributed by atoms with E-state index in [1.165, 1.54) is 12.1 Å². The zero-order valence-electron chi connectivity index (χ0n) is 9.80. The van der Waals surface area contributed by atoms with Gasteiger partial charge in [0.1, 0.15) is 5.82 Å². The number of rotatable bonds is 4. The van der Waals surface area contributed by atoms with Crippen molar-refractivity contribution in [3.63, 3.8) is 0 Å². The highest BCUT2D eigenvalue weighted by molar-refractivity contribution is 9.10. The SMILES string of the molecule is Cn1c(SCC(=O)O)nnc1-c1cc(F)ccc1Br. The van der Waals surface area contributed by atoms with E-state index < -0.39 is 5.97 Å². The summed E-state index contributed by atoms with van der Waals surface area (Å²) >= 11 is 4.39. The van der Waals surface area contributed by atoms with Crippen LogP contribution in [0.1, 0.15) is 0 Å². The van der Waals surface area contributed by atoms with Crippen LogP contribution in [0.5, 0.6) is 0 Å². The highest BCUT2D eigenvalue weighted by Gasteiger charge is 2.15. The van der Waals surface area contributed by atoms with Crippen molar-refractivity contribution < 1.29 is 14.3 Å². The van der Waals surface area contributed by atoms with Crippen LogP contribution in [0.3, 0.4) is 0 Å². The standard InChI is InChI=1S/C11H9BrFN3O2S/c1-16-10(7-4-6(13)2-3-8(7)12)14-15-11(16)19-5-9(17)18/h2-4H,5H2,1H3,(H,17,18). The highest BCUT2D eigenvalue weighted by Crippen LogP contribution is 2.29. The quantitative estimate of drug-likeness (QED) is 0.862. The molecule has 0 aliphatic rings. The molecule has 0 aliphatic carbocycles. The van der Waals surface area contributed by atoms with E-state index in [1.54, 1.807) is 17.7 Å². The zero-order chi connectivity index (χ0) is 14.0. The summed E-state index contributed by atoms with van der Waals surface area (Å²) in [6, 6.07) is 4.27. The lowest BCUT2D eigenvalue weighted by Gasteiger charge is -2.05. The highest BCUT2D eigenvalue weighted by atomic mass is 79.9. The van der Waals surface area contributed by atoms with E-state index in [9.17, 15) is 9.18 Å². The van der Waals surface area contributed by atoms with Crippen LogP contribution < -0.4 is 0 Å². The topological polar surface area (TPSA) is 68.0 Å². The van der Waals surface area contributed by atoms with E-state index in [0.717, 1.165) is 11.8 Å². The summed E-state index contributed by atoms with van der Waals surface area (Å²) in [4.78, 5) is 10.5. The van der Waals surface area contributed by atoms with Crippen LogP contribution in [0.15, 0.2) is 27.8 Å². The molecule has 0 spiro atoms. The van der Waals surface area contributed by atoms with Crippen LogP contribution in [-0.2, 0) is 11.8 Å². The Bertz CT molecular complexity index is 632. The number of benzene rings is 1. The first-order valence-electron chi connectivity index (χ1n) is 5.18. The van der Waals surface area contributed by atoms with Crippen molar-refractivity contribution in [2.45, 2.75) is 5.16 Å². The molecule has 0 fully saturated rings. The first-order chi connectivity index (χ1) is 8.99. The van der Waals surface area contributed by atoms with Gasteiger partial charge in [-0.05, 0) is 18.2 Å². The molecule has 2 rings (SSSR count). The fourth-order valence-corrected chi connectivity index (χ4v) is 2.53. The molecule has 0 aliphatic heterocycles. The number of thioether (sulfide) groups is 1. The Balaban J connectivity index is 2.36. The van der Waals surface area contributed by atoms with Crippen LogP contribution in [-0.4, -0.2) is 31.6 Å². The van der Waals surface area contributed by atoms with Crippen molar-refractivity contribution in [1.29, 1.82) is 0 Å². The Hall–Kier alpha value is -1.41. The number of halogens is 2. The van der Waals surface area contributed by atoms with Crippen LogP contribution in [0.25, 0.3) is 11.4 Å². The Morgan fingerprint density at radius 2 is 2.26 bits per heavy atom. The molecule has 1 N–H and O–H groups in total. The molecule has 5 nitrogen and oxygen atoms in total. The molecule has 0 unspecified atom stereocenters. The summed E-state index contributed by atoms with van der Waals surface area (Å²) in [7, 11) is 1.71. The van der Waals surface area contributed by atoms with Crippen molar-refractivity contribution in [2.24, 2.45) is 7.05 Å². The fourth-order valence-electron chi connectivity index (χ4n) is 1.47. The van der Waals surface area contributed by atoms with Gasteiger partial charge in [0.15, 0.2) is 11.0 Å². The van der Waals surface area contributed by atoms with Crippen LogP contribution in [0.2, 0.25) is 0 Å². The first kappa shape index (κ1) is 14.0. The van der Waals surface area contributed by atoms with Crippen LogP contribution in [0.4, 0.5) is 4.39 Å². The molecule has 0 radical (unpaired) electrons. The van der Waals surface area contributed by atoms with Crippen molar-refractivity contribution in [1.82, 2.24) is 14.8 Å². The Morgan fingerprint density at radius 1 is 1.53 bits per heavy atom. The smallest absolute Gasteiger partial charge is 0.313 e. The number of hydrogen-bond donors (Lipinski definition) is 1. The molecule has 0 saturated heterocycles. The van der Waals surface area contributed by atoms with Crippen molar-refractivity contribution in [3.05, 3.63) is 28.5 Å². The summed E-state index contributed by atoms with van der Waals surface area (Å²) in [6.07, 6.45) is 0. The minimum Gasteiger partial charge on any atom is -0.481 e. The number of carbonyl (C=O) groups is 1. The van der Waals surface area contributed by atoms with Gasteiger partial charge >= 0.3 is 5.97 Å². The van der Waals surface area contributed by atoms with Gasteiger partial charge in [-0.15, -0.1) is 10.2 Å². The van der Waals surface area contributed by atoms with Gasteiger partial charge in [0.25, 0.3) is 0 Å². The van der Waals surface area contributed by atoms with E-state index >= 15 is 0 Å². The first-order valence-corrected chi connectivity index (χ1v) is 6.96. The summed E-state index contributed by atoms with van der Waals surface area (Å²) in [5.41, 5.74) is 0.567. The summed E-state index contributed by atoms with van der Waals surface area (Å²) in [5.74, 6) is -0.933. The summed E-state index contributed by atoms with van der Waals surface area (Å²) < 4.78 is 15.6. The molecule has 0 atom stereocenters. The molecular weight excluding hydrogens is 337 g/mol. The second-order valence-corrected chi connectivity index (χ2v) is 5.47. The number of aromatic nitrogens is 3. The minimum absolute atomic E-state index is 0.101. The van der Waals surface area contributed by atoms with E-state index in [1.807, 2.05) is 0 Å². The number of aliphatic carboxylic acids is 1. The van der Waals surface area contributed by atoms with E-state index in [4.69, 9.17) is 5.11 Å². The second-order valence-electron chi connectivity index (χ2n) is 3.67. The minimum atomic E-state index is -0.929. The van der Waals surface area contributed by atoms with Crippen molar-refractivity contribution in [3.8, 4) is 11.4 Å². The van der Waals surface area contributed by atoms with Gasteiger partial charge in [-0.2, -0.15) is 0 Å². The second kappa shape index (κ2) is 5.70. The molecule has 8 heteroatoms. The fraction of sp³-hybridized carbons (Fsp3) is 0.182. The zero-order valence-corrected chi connectivity index (χ0v) is 12.2. The number of carboxylic acid groups (broad SMARTS) is 1. The van der Waals surface area contributed by atoms with Gasteiger partial charge in [-0.25, -0.2) is 4.39 Å². The Morgan fingerprint density at radius 3 is 2.95 bits per heavy atom. The third kappa shape index (κ3) is 3.13. The molecule has 0 amide bonds. The molecule has 0 bridgehead atoms. The van der Waals surface area contributed by atoms with Crippen LogP contribution in [0, 0.1) is 5.82 Å². The molecule has 2 aromatic rings. The van der Waals surface area contributed by atoms with Gasteiger partial charge in [0.05, 0.1) is 5.75 Å². The third-order valence-corrected chi connectivity index (χ3v) is 4.03. The van der Waals surface area contributed by atoms with Crippen molar-refractivity contribution >= 4 is 33.7 Å². The Kier molecular flexibility index (Phi) is 4.20. The van der Waals surface area contributed by atoms with Gasteiger partial charge in [-0.3, -0.25) is 4.79 Å². The van der Waals surface area contributed by atoms with Gasteiger partial charge in [0.2, 0.25) is 0 Å². The lowest BCUT2D eigenvalue weighted by Crippen LogP contribution is -2.01. The maximum Gasteiger partial charge on any atom is 0.313 e.